The Bertz CT molecular complexity index is 20.0. The maximum absolute atomic E-state index is 6.14. The lowest BCUT2D eigenvalue weighted by molar-refractivity contribution is 1.23. The number of nitrogens with one attached hydrogen (secondary N) is 1. The van der Waals surface area contributed by atoms with Crippen LogP contribution in [0.15, 0.2) is 4.78 Å². The first-order valence-electron chi connectivity index (χ1n) is 1.25. The average Bonchev–Trinajstić information content (AvgIpc) is 1.37. The van der Waals surface area contributed by atoms with Crippen LogP contribution in [-0.2, 0) is 0 Å². The zero-order valence-corrected chi connectivity index (χ0v) is 4.07. The molecule has 0 aromatic heterocycles. The molecule has 0 aromatic carbocycles. The van der Waals surface area contributed by atoms with Crippen molar-refractivity contribution in [2.24, 2.45) is 4.78 Å². The smallest absolute Gasteiger partial charge is 0.175 e. The number of hydrogen-bond acceptors (Lipinski definition) is 2. The van der Waals surface area contributed by atoms with Gasteiger partial charge in [0.25, 0.3) is 0 Å². The van der Waals surface area contributed by atoms with Crippen LogP contribution in [0.5, 0.6) is 0 Å². The third-order valence-electron chi connectivity index (χ3n) is 0.158. The van der Waals surface area contributed by atoms with E-state index in [9.17, 15) is 0 Å². The van der Waals surface area contributed by atoms with Crippen molar-refractivity contribution in [1.82, 2.24) is 0 Å². The van der Waals surface area contributed by atoms with Crippen molar-refractivity contribution in [3.8, 4) is 0 Å². The second-order valence-corrected chi connectivity index (χ2v) is 1.42. The second kappa shape index (κ2) is 2.82. The van der Waals surface area contributed by atoms with E-state index in [0.717, 1.165) is 0 Å². The summed E-state index contributed by atoms with van der Waals surface area (Å²) in [6.07, 6.45) is 0. The number of rotatable bonds is 1. The van der Waals surface area contributed by atoms with Gasteiger partial charge < -0.3 is 0 Å². The van der Waals surface area contributed by atoms with Gasteiger partial charge in [-0.1, -0.05) is 6.55 Å². The summed E-state index contributed by atoms with van der Waals surface area (Å²) in [6, 6.07) is 0. The molecule has 4 heavy (non-hydrogen) atoms. The molecule has 0 aromatic rings. The normalized spacial score (nSPS) is 9.25. The van der Waals surface area contributed by atoms with Crippen molar-refractivity contribution < 1.29 is 0 Å². The Labute approximate surface area is 27.6 Å². The first-order chi connectivity index (χ1) is 1.91. The summed E-state index contributed by atoms with van der Waals surface area (Å²) in [6.45, 7) is 1.97. The summed E-state index contributed by atoms with van der Waals surface area (Å²) in [4.78, 5) is 0. The molecular formula is CH6N2Si. The van der Waals surface area contributed by atoms with E-state index in [-0.39, 0.29) is 9.68 Å². The zero-order valence-electron chi connectivity index (χ0n) is 2.65. The van der Waals surface area contributed by atoms with E-state index in [0.29, 0.717) is 0 Å². The number of hydrogen-bond donors (Lipinski definition) is 1. The Morgan fingerprint density at radius 1 is 2.00 bits per heavy atom. The van der Waals surface area contributed by atoms with Crippen LogP contribution in [0, 0.1) is 5.53 Å². The fourth-order valence-corrected chi connectivity index (χ4v) is 0. The van der Waals surface area contributed by atoms with Crippen molar-refractivity contribution in [1.29, 1.82) is 5.53 Å². The molecule has 0 aliphatic heterocycles. The Hall–Kier alpha value is -0.183. The molecule has 0 atom stereocenters. The Balaban J connectivity index is 2.30. The first-order valence-corrected chi connectivity index (χ1v) is 3.29. The molecule has 0 radical (unpaired) electrons. The molecule has 0 bridgehead atoms. The molecule has 3 heteroatoms. The summed E-state index contributed by atoms with van der Waals surface area (Å²) in [5.41, 5.74) is 6.14. The molecular weight excluding hydrogens is 68.1 g/mol. The molecule has 2 nitrogen and oxygen atoms in total. The minimum atomic E-state index is -0.284. The molecule has 0 fully saturated rings. The van der Waals surface area contributed by atoms with Crippen LogP contribution >= 0.6 is 0 Å². The van der Waals surface area contributed by atoms with Crippen molar-refractivity contribution >= 4 is 9.68 Å². The molecule has 0 spiro atoms. The van der Waals surface area contributed by atoms with Crippen LogP contribution in [0.1, 0.15) is 0 Å². The van der Waals surface area contributed by atoms with Crippen molar-refractivity contribution in [2.45, 2.75) is 6.55 Å². The van der Waals surface area contributed by atoms with Crippen LogP contribution < -0.4 is 0 Å². The van der Waals surface area contributed by atoms with E-state index < -0.39 is 0 Å². The summed E-state index contributed by atoms with van der Waals surface area (Å²) in [5, 5.41) is 0. The molecule has 0 heterocycles. The van der Waals surface area contributed by atoms with E-state index in [1.54, 1.807) is 0 Å². The third-order valence-corrected chi connectivity index (χ3v) is 0.474. The lowest BCUT2D eigenvalue weighted by Gasteiger charge is -1.56. The molecule has 0 unspecified atom stereocenters. The quantitative estimate of drug-likeness (QED) is 0.339. The maximum Gasteiger partial charge on any atom is 0.175 e. The SMILES string of the molecule is C[SiH2]N=N. The predicted octanol–water partition coefficient (Wildman–Crippen LogP) is 0.149. The van der Waals surface area contributed by atoms with Crippen molar-refractivity contribution in [2.75, 3.05) is 0 Å². The minimum absolute atomic E-state index is 0.284. The van der Waals surface area contributed by atoms with Crippen LogP contribution in [0.3, 0.4) is 0 Å². The van der Waals surface area contributed by atoms with Crippen LogP contribution in [0.4, 0.5) is 0 Å². The van der Waals surface area contributed by atoms with Gasteiger partial charge in [0.05, 0.1) is 0 Å². The lowest BCUT2D eigenvalue weighted by atomic mass is 11.9. The lowest BCUT2D eigenvalue weighted by Crippen LogP contribution is -1.60. The predicted molar refractivity (Wildman–Crippen MR) is 19.6 cm³/mol. The van der Waals surface area contributed by atoms with Crippen LogP contribution in [-0.4, -0.2) is 9.68 Å². The van der Waals surface area contributed by atoms with Gasteiger partial charge in [-0.05, 0) is 0 Å². The highest BCUT2D eigenvalue weighted by atomic mass is 28.2. The molecule has 0 saturated heterocycles. The second-order valence-electron chi connectivity index (χ2n) is 0.474. The van der Waals surface area contributed by atoms with Gasteiger partial charge in [-0.3, -0.25) is 0 Å². The zero-order chi connectivity index (χ0) is 3.41. The summed E-state index contributed by atoms with van der Waals surface area (Å²) < 4.78 is 3.12. The molecule has 0 rings (SSSR count). The third kappa shape index (κ3) is 1.82. The Kier molecular flexibility index (Phi) is 2.69. The van der Waals surface area contributed by atoms with Gasteiger partial charge in [-0.2, -0.15) is 0 Å². The highest BCUT2D eigenvalue weighted by Gasteiger charge is 1.50. The molecule has 0 aliphatic carbocycles. The Morgan fingerprint density at radius 3 is 2.25 bits per heavy atom. The van der Waals surface area contributed by atoms with Gasteiger partial charge in [0, 0.05) is 0 Å². The maximum atomic E-state index is 6.14. The van der Waals surface area contributed by atoms with Crippen LogP contribution in [0.25, 0.3) is 0 Å². The first kappa shape index (κ1) is 3.82. The highest BCUT2D eigenvalue weighted by Crippen LogP contribution is 1.48. The molecule has 0 saturated carbocycles. The van der Waals surface area contributed by atoms with Gasteiger partial charge in [-0.25, -0.2) is 10.3 Å². The van der Waals surface area contributed by atoms with Gasteiger partial charge >= 0.3 is 0 Å². The molecule has 24 valence electrons. The van der Waals surface area contributed by atoms with E-state index in [2.05, 4.69) is 4.78 Å². The molecule has 0 amide bonds. The topological polar surface area (TPSA) is 36.2 Å². The number of nitrogens with zero attached hydrogens (tertiary/aromatic N) is 1. The van der Waals surface area contributed by atoms with Gasteiger partial charge in [0.1, 0.15) is 0 Å². The van der Waals surface area contributed by atoms with E-state index in [1.165, 1.54) is 0 Å². The fraction of sp³-hybridized carbons (Fsp3) is 1.00. The summed E-state index contributed by atoms with van der Waals surface area (Å²) >= 11 is 0. The van der Waals surface area contributed by atoms with Gasteiger partial charge in [0.15, 0.2) is 9.68 Å². The fourth-order valence-electron chi connectivity index (χ4n) is 0. The summed E-state index contributed by atoms with van der Waals surface area (Å²) in [5.74, 6) is 0. The average molecular weight is 74.2 g/mol. The van der Waals surface area contributed by atoms with Gasteiger partial charge in [0.2, 0.25) is 0 Å². The molecule has 1 N–H and O–H groups in total. The van der Waals surface area contributed by atoms with E-state index >= 15 is 0 Å². The Morgan fingerprint density at radius 2 is 2.25 bits per heavy atom. The van der Waals surface area contributed by atoms with Crippen molar-refractivity contribution in [3.63, 3.8) is 0 Å². The van der Waals surface area contributed by atoms with Gasteiger partial charge in [-0.15, -0.1) is 0 Å². The highest BCUT2D eigenvalue weighted by molar-refractivity contribution is 6.30. The minimum Gasteiger partial charge on any atom is -0.250 e. The molecule has 0 aliphatic rings. The summed E-state index contributed by atoms with van der Waals surface area (Å²) in [7, 11) is -0.284. The largest absolute Gasteiger partial charge is 0.250 e. The van der Waals surface area contributed by atoms with E-state index in [1.807, 2.05) is 6.55 Å². The standard InChI is InChI=1S/CH6N2Si/c1-4-3-2/h2H,4H2,1H3. The van der Waals surface area contributed by atoms with E-state index in [4.69, 9.17) is 5.53 Å². The monoisotopic (exact) mass is 74.0 g/mol. The van der Waals surface area contributed by atoms with Crippen LogP contribution in [0.2, 0.25) is 6.55 Å². The van der Waals surface area contributed by atoms with Crippen molar-refractivity contribution in [3.05, 3.63) is 0 Å².